The summed E-state index contributed by atoms with van der Waals surface area (Å²) in [6.45, 7) is 14.6. The van der Waals surface area contributed by atoms with E-state index in [4.69, 9.17) is 58.0 Å². The molecule has 0 radical (unpaired) electrons. The zero-order chi connectivity index (χ0) is 26.0. The van der Waals surface area contributed by atoms with Gasteiger partial charge in [-0.2, -0.15) is 0 Å². The van der Waals surface area contributed by atoms with Gasteiger partial charge in [0, 0.05) is 0 Å². The number of unbranched alkanes of at least 4 members (excludes halogenated alkanes) is 3. The molecule has 0 saturated carbocycles. The summed E-state index contributed by atoms with van der Waals surface area (Å²) in [6, 6.07) is 0. The molecule has 0 aliphatic carbocycles. The van der Waals surface area contributed by atoms with Gasteiger partial charge in [0.1, 0.15) is 0 Å². The van der Waals surface area contributed by atoms with Crippen molar-refractivity contribution in [2.24, 2.45) is 0 Å². The van der Waals surface area contributed by atoms with Crippen molar-refractivity contribution in [2.75, 3.05) is 0 Å². The zero-order valence-electron chi connectivity index (χ0n) is 20.3. The summed E-state index contributed by atoms with van der Waals surface area (Å²) in [7, 11) is 0. The molecule has 0 unspecified atom stereocenters. The van der Waals surface area contributed by atoms with E-state index >= 15 is 0 Å². The maximum Gasteiger partial charge on any atom is 0.223 e. The molecule has 0 aliphatic heterocycles. The third-order valence-electron chi connectivity index (χ3n) is 5.12. The minimum Gasteiger partial charge on any atom is -0.225 e. The Balaban J connectivity index is 0.000000499. The van der Waals surface area contributed by atoms with Crippen molar-refractivity contribution in [3.8, 4) is 0 Å². The molecule has 0 atom stereocenters. The van der Waals surface area contributed by atoms with Gasteiger partial charge in [-0.3, -0.25) is 0 Å². The summed E-state index contributed by atoms with van der Waals surface area (Å²) in [5.41, 5.74) is 0.557. The fraction of sp³-hybridized carbons (Fsp3) is 0.500. The Bertz CT molecular complexity index is 845. The van der Waals surface area contributed by atoms with E-state index in [1.807, 2.05) is 0 Å². The van der Waals surface area contributed by atoms with E-state index in [9.17, 15) is 0 Å². The quantitative estimate of drug-likeness (QED) is 0.135. The van der Waals surface area contributed by atoms with Gasteiger partial charge in [0.15, 0.2) is 5.15 Å². The van der Waals surface area contributed by atoms with Crippen LogP contribution in [0.5, 0.6) is 0 Å². The smallest absolute Gasteiger partial charge is 0.223 e. The Kier molecular flexibility index (Phi) is 19.9. The summed E-state index contributed by atoms with van der Waals surface area (Å²) in [6.07, 6.45) is 12.8. The average molecular weight is 676 g/mol. The van der Waals surface area contributed by atoms with E-state index in [1.54, 1.807) is 13.3 Å². The molecule has 190 valence electrons. The number of rotatable bonds is 11. The van der Waals surface area contributed by atoms with Gasteiger partial charge in [-0.05, 0) is 29.3 Å². The van der Waals surface area contributed by atoms with Crippen molar-refractivity contribution in [3.05, 3.63) is 61.1 Å². The van der Waals surface area contributed by atoms with Crippen LogP contribution in [0, 0.1) is 0 Å². The van der Waals surface area contributed by atoms with E-state index in [0.717, 1.165) is 0 Å². The van der Waals surface area contributed by atoms with Crippen molar-refractivity contribution >= 4 is 82.5 Å². The second-order valence-electron chi connectivity index (χ2n) is 7.73. The first-order chi connectivity index (χ1) is 16.2. The molecule has 2 aromatic heterocycles. The van der Waals surface area contributed by atoms with Crippen LogP contribution in [0.1, 0.15) is 65.0 Å². The van der Waals surface area contributed by atoms with Crippen LogP contribution in [0.2, 0.25) is 39.1 Å². The molecule has 2 heterocycles. The maximum absolute atomic E-state index is 5.64. The Labute approximate surface area is 234 Å². The molecule has 0 bridgehead atoms. The fourth-order valence-electron chi connectivity index (χ4n) is 3.10. The van der Waals surface area contributed by atoms with Crippen molar-refractivity contribution < 1.29 is 0 Å². The zero-order valence-corrected chi connectivity index (χ0v) is 26.9. The normalized spacial score (nSPS) is 10.5. The number of halogens is 5. The first-order valence-corrected chi connectivity index (χ1v) is 21.0. The Morgan fingerprint density at radius 1 is 0.735 bits per heavy atom. The Morgan fingerprint density at radius 3 is 1.50 bits per heavy atom. The molecule has 0 aromatic carbocycles. The van der Waals surface area contributed by atoms with Crippen molar-refractivity contribution in [3.63, 3.8) is 0 Å². The summed E-state index contributed by atoms with van der Waals surface area (Å²) in [4.78, 5) is 14.6. The van der Waals surface area contributed by atoms with Gasteiger partial charge >= 0.3 is 102 Å². The van der Waals surface area contributed by atoms with Gasteiger partial charge in [0.25, 0.3) is 0 Å². The molecule has 0 N–H and O–H groups in total. The monoisotopic (exact) mass is 674 g/mol. The number of hydrogen-bond donors (Lipinski definition) is 0. The SMILES string of the molecule is C=Cc1nc(Cl)ncc1Cl.C=[CH][Sn]([CH2]CCC)([CH2]CCC)[CH2]CCC.Clc1ncc(Cl)c(Cl)n1. The fourth-order valence-corrected chi connectivity index (χ4v) is 16.7. The molecule has 2 rings (SSSR count). The molecular weight excluding hydrogens is 640 g/mol. The van der Waals surface area contributed by atoms with Gasteiger partial charge < -0.3 is 0 Å². The first kappa shape index (κ1) is 33.9. The van der Waals surface area contributed by atoms with Crippen molar-refractivity contribution in [1.82, 2.24) is 19.9 Å². The summed E-state index contributed by atoms with van der Waals surface area (Å²) < 4.78 is 7.16. The number of nitrogens with zero attached hydrogens (tertiary/aromatic N) is 4. The average Bonchev–Trinajstić information content (AvgIpc) is 2.84. The first-order valence-electron chi connectivity index (χ1n) is 11.5. The predicted molar refractivity (Wildman–Crippen MR) is 154 cm³/mol. The minimum absolute atomic E-state index is 0.101. The van der Waals surface area contributed by atoms with Crippen LogP contribution < -0.4 is 0 Å². The van der Waals surface area contributed by atoms with E-state index in [2.05, 4.69) is 58.0 Å². The van der Waals surface area contributed by atoms with Gasteiger partial charge in [0.2, 0.25) is 10.6 Å². The van der Waals surface area contributed by atoms with Crippen LogP contribution in [0.25, 0.3) is 6.08 Å². The van der Waals surface area contributed by atoms with Crippen molar-refractivity contribution in [1.29, 1.82) is 0 Å². The Hall–Kier alpha value is -0.111. The second kappa shape index (κ2) is 20.0. The van der Waals surface area contributed by atoms with Gasteiger partial charge in [0.05, 0.1) is 28.1 Å². The van der Waals surface area contributed by atoms with Crippen LogP contribution in [0.3, 0.4) is 0 Å². The standard InChI is InChI=1S/C6H4Cl2N2.C4HCl3N2.3C4H9.C2H3.Sn/c1-2-5-4(7)3-9-6(8)10-5;5-2-1-8-4(7)9-3(2)6;3*1-3-4-2;1-2;/h2-3H,1H2;1H;3*1,3-4H2,2H3;1H,2H2;. The van der Waals surface area contributed by atoms with Crippen LogP contribution in [-0.4, -0.2) is 38.3 Å². The van der Waals surface area contributed by atoms with E-state index in [1.165, 1.54) is 57.0 Å². The molecule has 4 nitrogen and oxygen atoms in total. The molecule has 0 saturated heterocycles. The van der Waals surface area contributed by atoms with E-state index < -0.39 is 18.4 Å². The van der Waals surface area contributed by atoms with Gasteiger partial charge in [-0.15, -0.1) is 0 Å². The van der Waals surface area contributed by atoms with Crippen LogP contribution in [0.4, 0.5) is 0 Å². The third-order valence-corrected chi connectivity index (χ3v) is 20.5. The molecule has 34 heavy (non-hydrogen) atoms. The van der Waals surface area contributed by atoms with E-state index in [-0.39, 0.29) is 15.7 Å². The third kappa shape index (κ3) is 14.4. The van der Waals surface area contributed by atoms with Crippen LogP contribution >= 0.6 is 58.0 Å². The minimum atomic E-state index is -1.85. The summed E-state index contributed by atoms with van der Waals surface area (Å²) in [5, 5.41) is 1.22. The maximum atomic E-state index is 5.64. The molecule has 0 spiro atoms. The topological polar surface area (TPSA) is 51.6 Å². The molecule has 2 aromatic rings. The second-order valence-corrected chi connectivity index (χ2v) is 22.8. The summed E-state index contributed by atoms with van der Waals surface area (Å²) in [5.74, 6) is 0. The molecular formula is C24H35Cl5N4Sn. The molecule has 0 fully saturated rings. The number of aromatic nitrogens is 4. The molecule has 0 aliphatic rings. The van der Waals surface area contributed by atoms with Gasteiger partial charge in [-0.25, -0.2) is 19.9 Å². The molecule has 0 amide bonds. The van der Waals surface area contributed by atoms with Crippen molar-refractivity contribution in [2.45, 2.75) is 72.6 Å². The number of hydrogen-bond acceptors (Lipinski definition) is 4. The van der Waals surface area contributed by atoms with Crippen LogP contribution in [-0.2, 0) is 0 Å². The summed E-state index contributed by atoms with van der Waals surface area (Å²) >= 11 is 25.5. The van der Waals surface area contributed by atoms with E-state index in [0.29, 0.717) is 15.7 Å². The largest absolute Gasteiger partial charge is 0.225 e. The molecule has 10 heteroatoms. The van der Waals surface area contributed by atoms with Crippen LogP contribution in [0.15, 0.2) is 29.6 Å². The Morgan fingerprint density at radius 2 is 1.18 bits per heavy atom. The predicted octanol–water partition coefficient (Wildman–Crippen LogP) is 10.4. The van der Waals surface area contributed by atoms with Gasteiger partial charge in [-0.1, -0.05) is 41.4 Å².